The number of ether oxygens (including phenoxy) is 2. The second-order valence-corrected chi connectivity index (χ2v) is 12.1. The van der Waals surface area contributed by atoms with E-state index >= 15 is 0 Å². The minimum absolute atomic E-state index is 0.0528. The van der Waals surface area contributed by atoms with E-state index in [1.165, 1.54) is 26.3 Å². The maximum Gasteiger partial charge on any atom is 0.240 e. The Labute approximate surface area is 236 Å². The van der Waals surface area contributed by atoms with Crippen LogP contribution in [0.15, 0.2) is 52.5 Å². The van der Waals surface area contributed by atoms with Crippen LogP contribution in [0.3, 0.4) is 0 Å². The highest BCUT2D eigenvalue weighted by molar-refractivity contribution is 7.89. The molecule has 1 atom stereocenters. The van der Waals surface area contributed by atoms with Crippen molar-refractivity contribution in [1.29, 1.82) is 0 Å². The molecule has 0 aromatic heterocycles. The van der Waals surface area contributed by atoms with E-state index in [1.54, 1.807) is 44.6 Å². The Kier molecular flexibility index (Phi) is 9.70. The van der Waals surface area contributed by atoms with Gasteiger partial charge in [-0.25, -0.2) is 18.1 Å². The molecule has 1 amide bonds. The number of hydrogen-bond donors (Lipinski definition) is 3. The minimum atomic E-state index is -3.56. The number of carbonyl (C=O) groups excluding carboxylic acids is 1. The lowest BCUT2D eigenvalue weighted by atomic mass is 9.86. The van der Waals surface area contributed by atoms with Crippen molar-refractivity contribution in [2.75, 3.05) is 21.3 Å². The van der Waals surface area contributed by atoms with Crippen LogP contribution < -0.4 is 25.2 Å². The molecule has 4 N–H and O–H groups in total. The summed E-state index contributed by atoms with van der Waals surface area (Å²) in [5.74, 6) is 1.40. The van der Waals surface area contributed by atoms with Gasteiger partial charge in [0.2, 0.25) is 15.9 Å². The zero-order valence-corrected chi connectivity index (χ0v) is 24.2. The number of fused-ring (bicyclic) bond motifs is 1. The predicted molar refractivity (Wildman–Crippen MR) is 155 cm³/mol. The zero-order valence-electron chi connectivity index (χ0n) is 23.4. The summed E-state index contributed by atoms with van der Waals surface area (Å²) in [4.78, 5) is 19.9. The number of nitrogens with one attached hydrogen (secondary N) is 2. The molecule has 10 nitrogen and oxygen atoms in total. The van der Waals surface area contributed by atoms with Gasteiger partial charge in [0.1, 0.15) is 6.17 Å². The van der Waals surface area contributed by atoms with Crippen molar-refractivity contribution in [3.05, 3.63) is 59.3 Å². The molecule has 0 bridgehead atoms. The topological polar surface area (TPSA) is 135 Å². The molecule has 4 rings (SSSR count). The molecule has 11 heteroatoms. The van der Waals surface area contributed by atoms with Gasteiger partial charge >= 0.3 is 0 Å². The second-order valence-electron chi connectivity index (χ2n) is 10.2. The standard InChI is InChI=1S/C29H39N5O5S/c1-31-40(36,37)24-11-10-22-13-14-34(19-23(22)18-24)27(16-20-7-5-4-6-8-20)32-29(30)33-28(35)17-21-9-12-25(38-2)26(15-21)39-3/h9-15,18,20,27,31H,4-8,16-17,19H2,1-3H3,(H3,30,32,33,35)/t27-/m0/s1. The van der Waals surface area contributed by atoms with E-state index in [4.69, 9.17) is 20.2 Å². The van der Waals surface area contributed by atoms with Crippen LogP contribution in [0.2, 0.25) is 0 Å². The number of nitrogens with zero attached hydrogens (tertiary/aromatic N) is 2. The molecule has 40 heavy (non-hydrogen) atoms. The smallest absolute Gasteiger partial charge is 0.240 e. The number of sulfonamides is 1. The highest BCUT2D eigenvalue weighted by atomic mass is 32.2. The van der Waals surface area contributed by atoms with Gasteiger partial charge in [-0.2, -0.15) is 0 Å². The van der Waals surface area contributed by atoms with Crippen LogP contribution in [0.4, 0.5) is 0 Å². The number of methoxy groups -OCH3 is 2. The van der Waals surface area contributed by atoms with Crippen molar-refractivity contribution in [3.8, 4) is 11.5 Å². The second kappa shape index (κ2) is 13.2. The molecule has 2 aromatic rings. The molecule has 1 heterocycles. The van der Waals surface area contributed by atoms with Crippen LogP contribution in [0, 0.1) is 5.92 Å². The SMILES string of the molecule is CNS(=O)(=O)c1ccc2c(c1)CN([C@@H](CC1CCCCC1)N=C(N)NC(=O)Cc1ccc(OC)c(OC)c1)C=C2. The van der Waals surface area contributed by atoms with E-state index in [0.29, 0.717) is 24.0 Å². The predicted octanol–water partition coefficient (Wildman–Crippen LogP) is 3.37. The molecule has 0 unspecified atom stereocenters. The lowest BCUT2D eigenvalue weighted by molar-refractivity contribution is -0.119. The summed E-state index contributed by atoms with van der Waals surface area (Å²) in [5.41, 5.74) is 8.87. The molecule has 0 spiro atoms. The number of benzene rings is 2. The van der Waals surface area contributed by atoms with Crippen LogP contribution in [-0.2, 0) is 27.8 Å². The van der Waals surface area contributed by atoms with E-state index in [0.717, 1.165) is 36.0 Å². The lowest BCUT2D eigenvalue weighted by Gasteiger charge is -2.34. The summed E-state index contributed by atoms with van der Waals surface area (Å²) >= 11 is 0. The van der Waals surface area contributed by atoms with Crippen molar-refractivity contribution >= 4 is 28.0 Å². The first-order valence-corrected chi connectivity index (χ1v) is 15.0. The summed E-state index contributed by atoms with van der Waals surface area (Å²) in [5, 5.41) is 2.74. The highest BCUT2D eigenvalue weighted by Crippen LogP contribution is 2.32. The van der Waals surface area contributed by atoms with Gasteiger partial charge in [0.05, 0.1) is 25.5 Å². The third-order valence-corrected chi connectivity index (χ3v) is 8.92. The summed E-state index contributed by atoms with van der Waals surface area (Å²) in [6, 6.07) is 10.4. The molecule has 1 fully saturated rings. The summed E-state index contributed by atoms with van der Waals surface area (Å²) in [6.07, 6.45) is 10.4. The van der Waals surface area contributed by atoms with Crippen LogP contribution >= 0.6 is 0 Å². The Morgan fingerprint density at radius 2 is 1.85 bits per heavy atom. The fraction of sp³-hybridized carbons (Fsp3) is 0.448. The first-order valence-electron chi connectivity index (χ1n) is 13.6. The van der Waals surface area contributed by atoms with Gasteiger partial charge in [0.15, 0.2) is 17.5 Å². The molecule has 1 aliphatic carbocycles. The van der Waals surface area contributed by atoms with Gasteiger partial charge < -0.3 is 20.1 Å². The third kappa shape index (κ3) is 7.33. The molecule has 216 valence electrons. The van der Waals surface area contributed by atoms with Crippen molar-refractivity contribution in [2.24, 2.45) is 16.6 Å². The van der Waals surface area contributed by atoms with Gasteiger partial charge in [-0.05, 0) is 66.4 Å². The number of rotatable bonds is 10. The Hall–Kier alpha value is -3.57. The molecular weight excluding hydrogens is 530 g/mol. The summed E-state index contributed by atoms with van der Waals surface area (Å²) < 4.78 is 37.7. The molecule has 1 saturated carbocycles. The molecule has 2 aromatic carbocycles. The summed E-state index contributed by atoms with van der Waals surface area (Å²) in [7, 11) is 0.948. The van der Waals surface area contributed by atoms with Gasteiger partial charge in [0, 0.05) is 12.7 Å². The number of aliphatic imine (C=N–C) groups is 1. The van der Waals surface area contributed by atoms with Crippen LogP contribution in [0.5, 0.6) is 11.5 Å². The van der Waals surface area contributed by atoms with Crippen molar-refractivity contribution in [1.82, 2.24) is 14.9 Å². The third-order valence-electron chi connectivity index (χ3n) is 7.51. The van der Waals surface area contributed by atoms with Crippen LogP contribution in [-0.4, -0.2) is 52.6 Å². The van der Waals surface area contributed by atoms with Crippen molar-refractivity contribution < 1.29 is 22.7 Å². The van der Waals surface area contributed by atoms with Gasteiger partial charge in [0.25, 0.3) is 0 Å². The number of hydrogen-bond acceptors (Lipinski definition) is 7. The van der Waals surface area contributed by atoms with Gasteiger partial charge in [-0.15, -0.1) is 0 Å². The zero-order chi connectivity index (χ0) is 28.7. The van der Waals surface area contributed by atoms with E-state index in [9.17, 15) is 13.2 Å². The maximum atomic E-state index is 12.8. The fourth-order valence-electron chi connectivity index (χ4n) is 5.34. The number of carbonyl (C=O) groups is 1. The Morgan fingerprint density at radius 1 is 1.10 bits per heavy atom. The number of nitrogens with two attached hydrogens (primary N) is 1. The molecular formula is C29H39N5O5S. The molecule has 1 aliphatic heterocycles. The molecule has 0 saturated heterocycles. The Balaban J connectivity index is 1.51. The average molecular weight is 570 g/mol. The Morgan fingerprint density at radius 3 is 2.55 bits per heavy atom. The Bertz CT molecular complexity index is 1370. The number of guanidine groups is 1. The number of amides is 1. The van der Waals surface area contributed by atoms with Crippen LogP contribution in [0.1, 0.15) is 55.2 Å². The average Bonchev–Trinajstić information content (AvgIpc) is 2.96. The lowest BCUT2D eigenvalue weighted by Crippen LogP contribution is -2.41. The molecule has 2 aliphatic rings. The van der Waals surface area contributed by atoms with Crippen LogP contribution in [0.25, 0.3) is 6.08 Å². The van der Waals surface area contributed by atoms with E-state index in [-0.39, 0.29) is 29.3 Å². The highest BCUT2D eigenvalue weighted by Gasteiger charge is 2.26. The van der Waals surface area contributed by atoms with Gasteiger partial charge in [-0.3, -0.25) is 10.1 Å². The van der Waals surface area contributed by atoms with Crippen molar-refractivity contribution in [3.63, 3.8) is 0 Å². The first-order chi connectivity index (χ1) is 19.2. The van der Waals surface area contributed by atoms with Gasteiger partial charge in [-0.1, -0.05) is 44.2 Å². The van der Waals surface area contributed by atoms with E-state index in [2.05, 4.69) is 14.9 Å². The van der Waals surface area contributed by atoms with E-state index in [1.807, 2.05) is 18.3 Å². The minimum Gasteiger partial charge on any atom is -0.493 e. The monoisotopic (exact) mass is 569 g/mol. The largest absolute Gasteiger partial charge is 0.493 e. The molecule has 0 radical (unpaired) electrons. The normalized spacial score (nSPS) is 16.8. The first kappa shape index (κ1) is 29.4. The fourth-order valence-corrected chi connectivity index (χ4v) is 6.12. The van der Waals surface area contributed by atoms with Crippen molar-refractivity contribution in [2.45, 2.75) is 62.6 Å². The summed E-state index contributed by atoms with van der Waals surface area (Å²) in [6.45, 7) is 0.479. The van der Waals surface area contributed by atoms with E-state index < -0.39 is 10.0 Å². The maximum absolute atomic E-state index is 12.8. The quantitative estimate of drug-likeness (QED) is 0.295.